The van der Waals surface area contributed by atoms with Crippen molar-refractivity contribution in [2.24, 2.45) is 0 Å². The minimum Gasteiger partial charge on any atom is -0.282 e. The first kappa shape index (κ1) is 23.4. The van der Waals surface area contributed by atoms with Crippen molar-refractivity contribution in [3.8, 4) is 0 Å². The number of aromatic amines is 1. The van der Waals surface area contributed by atoms with Gasteiger partial charge in [0, 0.05) is 11.9 Å². The lowest BCUT2D eigenvalue weighted by Gasteiger charge is -2.07. The van der Waals surface area contributed by atoms with Crippen molar-refractivity contribution in [3.05, 3.63) is 34.9 Å². The Morgan fingerprint density at radius 2 is 1.56 bits per heavy atom. The summed E-state index contributed by atoms with van der Waals surface area (Å²) in [7, 11) is -3.19. The summed E-state index contributed by atoms with van der Waals surface area (Å²) in [6.45, 7) is 0. The fourth-order valence-electron chi connectivity index (χ4n) is 3.00. The molecule has 2 aliphatic rings. The summed E-state index contributed by atoms with van der Waals surface area (Å²) in [5, 5.41) is 11.0. The van der Waals surface area contributed by atoms with E-state index >= 15 is 0 Å². The normalized spacial score (nSPS) is 15.1. The molecule has 2 aromatic heterocycles. The van der Waals surface area contributed by atoms with Gasteiger partial charge in [-0.1, -0.05) is 22.3 Å². The maximum Gasteiger partial charge on any atom is 0.250 e. The number of rotatable bonds is 1. The third-order valence-corrected chi connectivity index (χ3v) is 5.10. The van der Waals surface area contributed by atoms with Crippen LogP contribution in [-0.2, 0) is 35.7 Å². The number of hydrogen-bond acceptors (Lipinski definition) is 4. The van der Waals surface area contributed by atoms with Crippen molar-refractivity contribution in [3.63, 3.8) is 0 Å². The van der Waals surface area contributed by atoms with Crippen molar-refractivity contribution >= 4 is 10.0 Å². The second kappa shape index (κ2) is 9.75. The zero-order chi connectivity index (χ0) is 15.6. The maximum absolute atomic E-state index is 11.2. The van der Waals surface area contributed by atoms with Gasteiger partial charge in [0.1, 0.15) is 0 Å². The molecule has 2 heterocycles. The van der Waals surface area contributed by atoms with E-state index in [0.717, 1.165) is 41.0 Å². The zero-order valence-electron chi connectivity index (χ0n) is 12.9. The standard InChI is InChI=1S/C8H12N2O2S.C7H10N2.3CH4/c1-13(11,12)10-6-7-4-2-3-5-8(7)9-10;1-2-4-7-6(3-1)5-8-9-7;;;/h6H,2-5H2,1H3;5H,1-4H2,(H,8,9);3*1H4. The first-order valence-corrected chi connectivity index (χ1v) is 9.68. The Balaban J connectivity index is 0.000000430. The number of H-pyrrole nitrogens is 1. The van der Waals surface area contributed by atoms with Crippen molar-refractivity contribution in [1.82, 2.24) is 19.4 Å². The number of nitrogens with one attached hydrogen (secondary N) is 1. The third-order valence-electron chi connectivity index (χ3n) is 4.24. The lowest BCUT2D eigenvalue weighted by molar-refractivity contribution is 0.585. The molecule has 1 N–H and O–H groups in total. The Labute approximate surface area is 153 Å². The smallest absolute Gasteiger partial charge is 0.250 e. The highest BCUT2D eigenvalue weighted by molar-refractivity contribution is 7.89. The van der Waals surface area contributed by atoms with Crippen LogP contribution in [0.25, 0.3) is 0 Å². The van der Waals surface area contributed by atoms with Gasteiger partial charge in [-0.3, -0.25) is 5.10 Å². The van der Waals surface area contributed by atoms with Gasteiger partial charge in [-0.15, -0.1) is 0 Å². The van der Waals surface area contributed by atoms with Gasteiger partial charge in [-0.25, -0.2) is 8.42 Å². The molecule has 0 amide bonds. The lowest BCUT2D eigenvalue weighted by Crippen LogP contribution is -2.10. The highest BCUT2D eigenvalue weighted by Crippen LogP contribution is 2.19. The molecule has 0 spiro atoms. The maximum atomic E-state index is 11.2. The molecule has 0 fully saturated rings. The molecule has 0 unspecified atom stereocenters. The molecule has 2 aliphatic carbocycles. The summed E-state index contributed by atoms with van der Waals surface area (Å²) in [5.74, 6) is 0. The zero-order valence-corrected chi connectivity index (χ0v) is 13.7. The van der Waals surface area contributed by atoms with Crippen LogP contribution < -0.4 is 0 Å². The first-order valence-electron chi connectivity index (χ1n) is 7.83. The Morgan fingerprint density at radius 1 is 0.960 bits per heavy atom. The number of aryl methyl sites for hydroxylation is 4. The molecule has 6 nitrogen and oxygen atoms in total. The van der Waals surface area contributed by atoms with Crippen LogP contribution in [0.1, 0.15) is 70.5 Å². The summed E-state index contributed by atoms with van der Waals surface area (Å²) in [6, 6.07) is 0. The molecule has 0 aliphatic heterocycles. The Bertz CT molecular complexity index is 703. The minimum atomic E-state index is -3.19. The van der Waals surface area contributed by atoms with Gasteiger partial charge in [0.05, 0.1) is 18.1 Å². The van der Waals surface area contributed by atoms with E-state index in [1.54, 1.807) is 6.20 Å². The highest BCUT2D eigenvalue weighted by Gasteiger charge is 2.16. The van der Waals surface area contributed by atoms with Gasteiger partial charge in [-0.2, -0.15) is 14.3 Å². The van der Waals surface area contributed by atoms with Gasteiger partial charge >= 0.3 is 0 Å². The summed E-state index contributed by atoms with van der Waals surface area (Å²) in [4.78, 5) is 0. The average Bonchev–Trinajstić information content (AvgIpc) is 3.14. The molecule has 144 valence electrons. The predicted molar refractivity (Wildman–Crippen MR) is 105 cm³/mol. The summed E-state index contributed by atoms with van der Waals surface area (Å²) in [5.41, 5.74) is 4.84. The molecular formula is C18H34N4O2S. The average molecular weight is 371 g/mol. The quantitative estimate of drug-likeness (QED) is 0.828. The molecule has 0 aromatic carbocycles. The summed E-state index contributed by atoms with van der Waals surface area (Å²) < 4.78 is 23.4. The molecule has 0 radical (unpaired) electrons. The SMILES string of the molecule is C.C.C.CS(=O)(=O)n1cc2c(n1)CCCC2.c1n[nH]c2c1CCCC2. The Hall–Kier alpha value is -1.63. The van der Waals surface area contributed by atoms with Crippen molar-refractivity contribution in [2.75, 3.05) is 6.26 Å². The van der Waals surface area contributed by atoms with E-state index in [1.165, 1.54) is 43.2 Å². The van der Waals surface area contributed by atoms with Crippen LogP contribution in [0.4, 0.5) is 0 Å². The molecular weight excluding hydrogens is 336 g/mol. The topological polar surface area (TPSA) is 80.6 Å². The molecule has 25 heavy (non-hydrogen) atoms. The van der Waals surface area contributed by atoms with Crippen LogP contribution in [0.2, 0.25) is 0 Å². The van der Waals surface area contributed by atoms with E-state index in [9.17, 15) is 8.42 Å². The van der Waals surface area contributed by atoms with Gasteiger partial charge in [0.25, 0.3) is 10.0 Å². The predicted octanol–water partition coefficient (Wildman–Crippen LogP) is 3.77. The first-order chi connectivity index (χ1) is 10.5. The number of fused-ring (bicyclic) bond motifs is 2. The van der Waals surface area contributed by atoms with Crippen molar-refractivity contribution in [1.29, 1.82) is 0 Å². The fraction of sp³-hybridized carbons (Fsp3) is 0.667. The van der Waals surface area contributed by atoms with Gasteiger partial charge < -0.3 is 0 Å². The van der Waals surface area contributed by atoms with E-state index in [-0.39, 0.29) is 22.3 Å². The molecule has 0 bridgehead atoms. The highest BCUT2D eigenvalue weighted by atomic mass is 32.2. The fourth-order valence-corrected chi connectivity index (χ4v) is 3.57. The molecule has 0 saturated carbocycles. The summed E-state index contributed by atoms with van der Waals surface area (Å²) >= 11 is 0. The molecule has 7 heteroatoms. The van der Waals surface area contributed by atoms with Crippen LogP contribution in [-0.4, -0.2) is 34.1 Å². The van der Waals surface area contributed by atoms with Crippen LogP contribution >= 0.6 is 0 Å². The van der Waals surface area contributed by atoms with Gasteiger partial charge in [0.2, 0.25) is 0 Å². The van der Waals surface area contributed by atoms with Crippen LogP contribution in [0.3, 0.4) is 0 Å². The Kier molecular flexibility index (Phi) is 9.11. The van der Waals surface area contributed by atoms with Crippen molar-refractivity contribution < 1.29 is 8.42 Å². The van der Waals surface area contributed by atoms with E-state index in [0.29, 0.717) is 0 Å². The van der Waals surface area contributed by atoms with Gasteiger partial charge in [-0.05, 0) is 62.5 Å². The van der Waals surface area contributed by atoms with E-state index < -0.39 is 10.0 Å². The van der Waals surface area contributed by atoms with Crippen LogP contribution in [0.5, 0.6) is 0 Å². The molecule has 2 aromatic rings. The molecule has 0 saturated heterocycles. The van der Waals surface area contributed by atoms with E-state index in [1.807, 2.05) is 6.20 Å². The Morgan fingerprint density at radius 3 is 2.16 bits per heavy atom. The second-order valence-corrected chi connectivity index (χ2v) is 7.86. The largest absolute Gasteiger partial charge is 0.282 e. The van der Waals surface area contributed by atoms with Crippen molar-refractivity contribution in [2.45, 2.75) is 73.6 Å². The van der Waals surface area contributed by atoms with Crippen LogP contribution in [0, 0.1) is 0 Å². The van der Waals surface area contributed by atoms with Gasteiger partial charge in [0.15, 0.2) is 0 Å². The van der Waals surface area contributed by atoms with E-state index in [4.69, 9.17) is 0 Å². The van der Waals surface area contributed by atoms with E-state index in [2.05, 4.69) is 15.3 Å². The monoisotopic (exact) mass is 370 g/mol. The van der Waals surface area contributed by atoms with Crippen LogP contribution in [0.15, 0.2) is 12.4 Å². The molecule has 0 atom stereocenters. The number of nitrogens with zero attached hydrogens (tertiary/aromatic N) is 3. The minimum absolute atomic E-state index is 0. The lowest BCUT2D eigenvalue weighted by atomic mass is 9.99. The number of aromatic nitrogens is 4. The summed E-state index contributed by atoms with van der Waals surface area (Å²) in [6.07, 6.45) is 14.0. The third kappa shape index (κ3) is 5.70. The second-order valence-electron chi connectivity index (χ2n) is 6.02. The number of hydrogen-bond donors (Lipinski definition) is 1. The molecule has 4 rings (SSSR count).